The normalized spacial score (nSPS) is 10.5. The first-order valence-electron chi connectivity index (χ1n) is 5.02. The maximum atomic E-state index is 5.85. The summed E-state index contributed by atoms with van der Waals surface area (Å²) in [6, 6.07) is 0. The summed E-state index contributed by atoms with van der Waals surface area (Å²) in [6.45, 7) is 0.658. The number of nitrogens with two attached hydrogens (primary N) is 1. The molecule has 0 radical (unpaired) electrons. The Morgan fingerprint density at radius 3 is 2.88 bits per heavy atom. The predicted octanol–water partition coefficient (Wildman–Crippen LogP) is 1.08. The van der Waals surface area contributed by atoms with E-state index in [-0.39, 0.29) is 5.15 Å². The first-order chi connectivity index (χ1) is 8.08. The summed E-state index contributed by atoms with van der Waals surface area (Å²) in [5, 5.41) is 4.37. The van der Waals surface area contributed by atoms with Crippen LogP contribution in [0.1, 0.15) is 5.56 Å². The van der Waals surface area contributed by atoms with Crippen molar-refractivity contribution in [1.82, 2.24) is 19.7 Å². The van der Waals surface area contributed by atoms with Crippen LogP contribution in [0.15, 0.2) is 18.7 Å². The fourth-order valence-electron chi connectivity index (χ4n) is 1.57. The molecular weight excluding hydrogens is 240 g/mol. The highest BCUT2D eigenvalue weighted by Crippen LogP contribution is 2.25. The van der Waals surface area contributed by atoms with Crippen LogP contribution < -0.4 is 10.6 Å². The van der Waals surface area contributed by atoms with Gasteiger partial charge in [-0.15, -0.1) is 0 Å². The Morgan fingerprint density at radius 1 is 1.47 bits per heavy atom. The Labute approximate surface area is 104 Å². The minimum absolute atomic E-state index is 0.271. The van der Waals surface area contributed by atoms with Crippen LogP contribution in [-0.2, 0) is 13.6 Å². The molecule has 6 nitrogen and oxygen atoms in total. The minimum atomic E-state index is 0.271. The molecule has 2 rings (SSSR count). The lowest BCUT2D eigenvalue weighted by molar-refractivity contribution is 0.766. The van der Waals surface area contributed by atoms with E-state index in [2.05, 4.69) is 15.1 Å². The van der Waals surface area contributed by atoms with E-state index in [4.69, 9.17) is 17.3 Å². The Balaban J connectivity index is 2.20. The van der Waals surface area contributed by atoms with Gasteiger partial charge in [0.25, 0.3) is 0 Å². The summed E-state index contributed by atoms with van der Waals surface area (Å²) in [5.41, 5.74) is 7.29. The van der Waals surface area contributed by atoms with Crippen molar-refractivity contribution in [3.05, 3.63) is 29.4 Å². The van der Waals surface area contributed by atoms with E-state index in [1.54, 1.807) is 10.9 Å². The minimum Gasteiger partial charge on any atom is -0.393 e. The van der Waals surface area contributed by atoms with Crippen molar-refractivity contribution in [3.8, 4) is 0 Å². The molecule has 2 heterocycles. The monoisotopic (exact) mass is 252 g/mol. The quantitative estimate of drug-likeness (QED) is 0.828. The molecule has 2 N–H and O–H groups in total. The maximum Gasteiger partial charge on any atom is 0.157 e. The molecule has 0 fully saturated rings. The SMILES string of the molecule is CN(Cc1cnn(C)c1)c1ncnc(Cl)c1N. The van der Waals surface area contributed by atoms with Crippen LogP contribution in [0.5, 0.6) is 0 Å². The fourth-order valence-corrected chi connectivity index (χ4v) is 1.70. The van der Waals surface area contributed by atoms with Gasteiger partial charge in [-0.2, -0.15) is 5.10 Å². The highest BCUT2D eigenvalue weighted by atomic mass is 35.5. The van der Waals surface area contributed by atoms with E-state index in [0.717, 1.165) is 5.56 Å². The van der Waals surface area contributed by atoms with Crippen LogP contribution in [0.2, 0.25) is 5.15 Å². The van der Waals surface area contributed by atoms with Gasteiger partial charge in [0.2, 0.25) is 0 Å². The largest absolute Gasteiger partial charge is 0.393 e. The lowest BCUT2D eigenvalue weighted by Gasteiger charge is -2.18. The second-order valence-corrected chi connectivity index (χ2v) is 4.14. The highest BCUT2D eigenvalue weighted by Gasteiger charge is 2.11. The van der Waals surface area contributed by atoms with E-state index in [9.17, 15) is 0 Å². The van der Waals surface area contributed by atoms with Crippen molar-refractivity contribution >= 4 is 23.1 Å². The Morgan fingerprint density at radius 2 is 2.24 bits per heavy atom. The van der Waals surface area contributed by atoms with Gasteiger partial charge in [0.15, 0.2) is 11.0 Å². The first-order valence-corrected chi connectivity index (χ1v) is 5.40. The smallest absolute Gasteiger partial charge is 0.157 e. The number of anilines is 2. The Kier molecular flexibility index (Phi) is 3.14. The van der Waals surface area contributed by atoms with Gasteiger partial charge in [0, 0.05) is 32.4 Å². The van der Waals surface area contributed by atoms with Crippen LogP contribution in [0, 0.1) is 0 Å². The van der Waals surface area contributed by atoms with Gasteiger partial charge in [-0.05, 0) is 0 Å². The molecule has 90 valence electrons. The topological polar surface area (TPSA) is 72.9 Å². The third kappa shape index (κ3) is 2.47. The van der Waals surface area contributed by atoms with Gasteiger partial charge in [-0.25, -0.2) is 9.97 Å². The lowest BCUT2D eigenvalue weighted by atomic mass is 10.3. The van der Waals surface area contributed by atoms with Gasteiger partial charge in [0.05, 0.1) is 6.20 Å². The third-order valence-electron chi connectivity index (χ3n) is 2.35. The second-order valence-electron chi connectivity index (χ2n) is 3.78. The molecule has 7 heteroatoms. The molecule has 0 aliphatic rings. The summed E-state index contributed by atoms with van der Waals surface area (Å²) in [5.74, 6) is 0.619. The molecule has 0 atom stereocenters. The van der Waals surface area contributed by atoms with Crippen LogP contribution in [0.4, 0.5) is 11.5 Å². The average Bonchev–Trinajstić information content (AvgIpc) is 2.68. The van der Waals surface area contributed by atoms with Crippen molar-refractivity contribution < 1.29 is 0 Å². The third-order valence-corrected chi connectivity index (χ3v) is 2.66. The zero-order valence-corrected chi connectivity index (χ0v) is 10.4. The Hall–Kier alpha value is -1.82. The summed E-state index contributed by atoms with van der Waals surface area (Å²) in [4.78, 5) is 9.84. The van der Waals surface area contributed by atoms with E-state index in [1.807, 2.05) is 25.2 Å². The number of nitrogen functional groups attached to an aromatic ring is 1. The number of aryl methyl sites for hydroxylation is 1. The van der Waals surface area contributed by atoms with Crippen molar-refractivity contribution in [2.45, 2.75) is 6.54 Å². The molecule has 0 spiro atoms. The molecular formula is C10H13ClN6. The molecule has 2 aromatic rings. The van der Waals surface area contributed by atoms with Crippen LogP contribution in [0.3, 0.4) is 0 Å². The summed E-state index contributed by atoms with van der Waals surface area (Å²) >= 11 is 5.85. The highest BCUT2D eigenvalue weighted by molar-refractivity contribution is 6.32. The number of nitrogens with zero attached hydrogens (tertiary/aromatic N) is 5. The molecule has 0 aromatic carbocycles. The molecule has 0 amide bonds. The van der Waals surface area contributed by atoms with Gasteiger partial charge in [0.1, 0.15) is 12.0 Å². The zero-order valence-electron chi connectivity index (χ0n) is 9.63. The lowest BCUT2D eigenvalue weighted by Crippen LogP contribution is -2.19. The van der Waals surface area contributed by atoms with E-state index in [0.29, 0.717) is 18.1 Å². The second kappa shape index (κ2) is 4.58. The molecule has 17 heavy (non-hydrogen) atoms. The predicted molar refractivity (Wildman–Crippen MR) is 66.8 cm³/mol. The molecule has 0 aliphatic heterocycles. The van der Waals surface area contributed by atoms with E-state index in [1.165, 1.54) is 6.33 Å². The number of rotatable bonds is 3. The van der Waals surface area contributed by atoms with E-state index >= 15 is 0 Å². The van der Waals surface area contributed by atoms with Gasteiger partial charge in [-0.1, -0.05) is 11.6 Å². The van der Waals surface area contributed by atoms with E-state index < -0.39 is 0 Å². The number of halogens is 1. The summed E-state index contributed by atoms with van der Waals surface area (Å²) in [6.07, 6.45) is 5.14. The molecule has 0 bridgehead atoms. The number of hydrogen-bond acceptors (Lipinski definition) is 5. The molecule has 0 aliphatic carbocycles. The summed E-state index contributed by atoms with van der Waals surface area (Å²) < 4.78 is 1.75. The van der Waals surface area contributed by atoms with Gasteiger partial charge in [-0.3, -0.25) is 4.68 Å². The Bertz CT molecular complexity index is 523. The molecule has 0 saturated heterocycles. The standard InChI is InChI=1S/C10H13ClN6/c1-16(4-7-3-15-17(2)5-7)10-8(12)9(11)13-6-14-10/h3,5-6H,4,12H2,1-2H3. The maximum absolute atomic E-state index is 5.85. The number of hydrogen-bond donors (Lipinski definition) is 1. The zero-order chi connectivity index (χ0) is 12.4. The van der Waals surface area contributed by atoms with Crippen LogP contribution in [-0.4, -0.2) is 26.8 Å². The van der Waals surface area contributed by atoms with Crippen molar-refractivity contribution in [2.24, 2.45) is 7.05 Å². The van der Waals surface area contributed by atoms with Gasteiger partial charge >= 0.3 is 0 Å². The summed E-state index contributed by atoms with van der Waals surface area (Å²) in [7, 11) is 3.77. The number of aromatic nitrogens is 4. The molecule has 0 saturated carbocycles. The molecule has 2 aromatic heterocycles. The fraction of sp³-hybridized carbons (Fsp3) is 0.300. The van der Waals surface area contributed by atoms with Crippen LogP contribution in [0.25, 0.3) is 0 Å². The molecule has 0 unspecified atom stereocenters. The van der Waals surface area contributed by atoms with Crippen molar-refractivity contribution in [3.63, 3.8) is 0 Å². The van der Waals surface area contributed by atoms with Crippen molar-refractivity contribution in [1.29, 1.82) is 0 Å². The van der Waals surface area contributed by atoms with Crippen LogP contribution >= 0.6 is 11.6 Å². The first kappa shape index (κ1) is 11.7. The average molecular weight is 253 g/mol. The van der Waals surface area contributed by atoms with Gasteiger partial charge < -0.3 is 10.6 Å². The van der Waals surface area contributed by atoms with Crippen molar-refractivity contribution in [2.75, 3.05) is 17.7 Å².